The van der Waals surface area contributed by atoms with Gasteiger partial charge in [0, 0.05) is 0 Å². The van der Waals surface area contributed by atoms with Gasteiger partial charge in [0.15, 0.2) is 0 Å². The van der Waals surface area contributed by atoms with Crippen LogP contribution in [0.15, 0.2) is 12.7 Å². The van der Waals surface area contributed by atoms with Crippen molar-refractivity contribution in [1.82, 2.24) is 0 Å². The average molecular weight is 168 g/mol. The minimum atomic E-state index is 0.864. The Labute approximate surface area is 78.1 Å². The van der Waals surface area contributed by atoms with Crippen molar-refractivity contribution >= 4 is 0 Å². The van der Waals surface area contributed by atoms with Crippen molar-refractivity contribution in [2.45, 2.75) is 52.9 Å². The van der Waals surface area contributed by atoms with Crippen LogP contribution >= 0.6 is 0 Å². The predicted molar refractivity (Wildman–Crippen MR) is 57.3 cm³/mol. The van der Waals surface area contributed by atoms with E-state index in [0.717, 1.165) is 11.8 Å². The van der Waals surface area contributed by atoms with Crippen molar-refractivity contribution in [2.24, 2.45) is 11.8 Å². The van der Waals surface area contributed by atoms with Gasteiger partial charge in [-0.3, -0.25) is 0 Å². The topological polar surface area (TPSA) is 0 Å². The molecule has 0 amide bonds. The second kappa shape index (κ2) is 7.39. The molecular formula is C12H24. The largest absolute Gasteiger partial charge is 0.103 e. The van der Waals surface area contributed by atoms with E-state index >= 15 is 0 Å². The smallest absolute Gasteiger partial charge is 0.0351 e. The van der Waals surface area contributed by atoms with Gasteiger partial charge in [-0.25, -0.2) is 0 Å². The summed E-state index contributed by atoms with van der Waals surface area (Å²) in [7, 11) is 0. The van der Waals surface area contributed by atoms with Crippen molar-refractivity contribution in [1.29, 1.82) is 0 Å². The Hall–Kier alpha value is -0.260. The fraction of sp³-hybridized carbons (Fsp3) is 0.833. The van der Waals surface area contributed by atoms with Crippen molar-refractivity contribution in [3.8, 4) is 0 Å². The van der Waals surface area contributed by atoms with Crippen LogP contribution in [0.25, 0.3) is 0 Å². The Morgan fingerprint density at radius 3 is 2.25 bits per heavy atom. The molecule has 0 aliphatic rings. The zero-order valence-corrected chi connectivity index (χ0v) is 8.97. The van der Waals surface area contributed by atoms with E-state index in [0.29, 0.717) is 0 Å². The van der Waals surface area contributed by atoms with Gasteiger partial charge >= 0.3 is 0 Å². The Kier molecular flexibility index (Phi) is 7.23. The molecule has 1 unspecified atom stereocenters. The summed E-state index contributed by atoms with van der Waals surface area (Å²) in [4.78, 5) is 0. The Bertz CT molecular complexity index is 103. The first-order valence-electron chi connectivity index (χ1n) is 5.31. The third-order valence-corrected chi connectivity index (χ3v) is 2.51. The van der Waals surface area contributed by atoms with Crippen LogP contribution in [-0.4, -0.2) is 0 Å². The average Bonchev–Trinajstić information content (AvgIpc) is 2.05. The van der Waals surface area contributed by atoms with Gasteiger partial charge in [-0.15, -0.1) is 6.58 Å². The van der Waals surface area contributed by atoms with E-state index in [4.69, 9.17) is 0 Å². The van der Waals surface area contributed by atoms with E-state index in [1.165, 1.54) is 32.1 Å². The van der Waals surface area contributed by atoms with Crippen molar-refractivity contribution in [2.75, 3.05) is 0 Å². The van der Waals surface area contributed by atoms with Crippen LogP contribution in [-0.2, 0) is 0 Å². The van der Waals surface area contributed by atoms with E-state index in [2.05, 4.69) is 27.4 Å². The van der Waals surface area contributed by atoms with Crippen LogP contribution in [0, 0.1) is 11.8 Å². The summed E-state index contributed by atoms with van der Waals surface area (Å²) in [5.74, 6) is 1.80. The molecule has 0 N–H and O–H groups in total. The second-order valence-corrected chi connectivity index (χ2v) is 4.11. The van der Waals surface area contributed by atoms with Crippen LogP contribution in [0.3, 0.4) is 0 Å². The maximum Gasteiger partial charge on any atom is -0.0351 e. The standard InChI is InChI=1S/C12H24/c1-5-7-8-12(6-2)10-9-11(3)4/h5,11-12H,1,6-10H2,2-4H3. The van der Waals surface area contributed by atoms with Gasteiger partial charge in [0.25, 0.3) is 0 Å². The molecule has 0 aromatic carbocycles. The fourth-order valence-corrected chi connectivity index (χ4v) is 1.48. The maximum atomic E-state index is 3.76. The highest BCUT2D eigenvalue weighted by atomic mass is 14.1. The number of rotatable bonds is 7. The zero-order chi connectivity index (χ0) is 9.40. The summed E-state index contributed by atoms with van der Waals surface area (Å²) in [5, 5.41) is 0. The Morgan fingerprint density at radius 1 is 1.17 bits per heavy atom. The maximum absolute atomic E-state index is 3.76. The summed E-state index contributed by atoms with van der Waals surface area (Å²) in [6.45, 7) is 10.7. The van der Waals surface area contributed by atoms with Gasteiger partial charge in [-0.05, 0) is 24.7 Å². The highest BCUT2D eigenvalue weighted by Gasteiger charge is 2.05. The molecule has 0 aromatic heterocycles. The molecule has 0 nitrogen and oxygen atoms in total. The number of allylic oxidation sites excluding steroid dienone is 1. The second-order valence-electron chi connectivity index (χ2n) is 4.11. The van der Waals surface area contributed by atoms with Crippen molar-refractivity contribution < 1.29 is 0 Å². The summed E-state index contributed by atoms with van der Waals surface area (Å²) in [5.41, 5.74) is 0. The molecule has 0 saturated heterocycles. The van der Waals surface area contributed by atoms with Crippen molar-refractivity contribution in [3.63, 3.8) is 0 Å². The van der Waals surface area contributed by atoms with E-state index in [1.807, 2.05) is 6.08 Å². The van der Waals surface area contributed by atoms with E-state index in [1.54, 1.807) is 0 Å². The number of hydrogen-bond donors (Lipinski definition) is 0. The molecule has 0 fully saturated rings. The summed E-state index contributed by atoms with van der Waals surface area (Å²) < 4.78 is 0. The minimum absolute atomic E-state index is 0.864. The molecule has 0 radical (unpaired) electrons. The highest BCUT2D eigenvalue weighted by molar-refractivity contribution is 4.69. The quantitative estimate of drug-likeness (QED) is 0.494. The van der Waals surface area contributed by atoms with E-state index < -0.39 is 0 Å². The van der Waals surface area contributed by atoms with Gasteiger partial charge in [-0.1, -0.05) is 46.1 Å². The lowest BCUT2D eigenvalue weighted by Gasteiger charge is -2.14. The predicted octanol–water partition coefficient (Wildman–Crippen LogP) is 4.42. The normalized spacial score (nSPS) is 13.3. The minimum Gasteiger partial charge on any atom is -0.103 e. The summed E-state index contributed by atoms with van der Waals surface area (Å²) in [6.07, 6.45) is 8.69. The molecule has 0 aliphatic heterocycles. The van der Waals surface area contributed by atoms with Gasteiger partial charge < -0.3 is 0 Å². The van der Waals surface area contributed by atoms with Gasteiger partial charge in [0.05, 0.1) is 0 Å². The monoisotopic (exact) mass is 168 g/mol. The van der Waals surface area contributed by atoms with Crippen LogP contribution in [0.4, 0.5) is 0 Å². The van der Waals surface area contributed by atoms with Crippen molar-refractivity contribution in [3.05, 3.63) is 12.7 Å². The zero-order valence-electron chi connectivity index (χ0n) is 8.97. The lowest BCUT2D eigenvalue weighted by atomic mass is 9.92. The molecular weight excluding hydrogens is 144 g/mol. The third kappa shape index (κ3) is 6.45. The number of hydrogen-bond acceptors (Lipinski definition) is 0. The highest BCUT2D eigenvalue weighted by Crippen LogP contribution is 2.20. The molecule has 1 atom stereocenters. The fourth-order valence-electron chi connectivity index (χ4n) is 1.48. The molecule has 0 rings (SSSR count). The van der Waals surface area contributed by atoms with Crippen LogP contribution in [0.1, 0.15) is 52.9 Å². The first-order chi connectivity index (χ1) is 5.70. The van der Waals surface area contributed by atoms with Crippen LogP contribution in [0.5, 0.6) is 0 Å². The molecule has 0 heterocycles. The summed E-state index contributed by atoms with van der Waals surface area (Å²) in [6, 6.07) is 0. The Balaban J connectivity index is 3.45. The van der Waals surface area contributed by atoms with Gasteiger partial charge in [-0.2, -0.15) is 0 Å². The third-order valence-electron chi connectivity index (χ3n) is 2.51. The Morgan fingerprint density at radius 2 is 1.83 bits per heavy atom. The first kappa shape index (κ1) is 11.7. The van der Waals surface area contributed by atoms with E-state index in [9.17, 15) is 0 Å². The molecule has 0 aliphatic carbocycles. The molecule has 0 heteroatoms. The van der Waals surface area contributed by atoms with Gasteiger partial charge in [0.2, 0.25) is 0 Å². The SMILES string of the molecule is C=CCCC(CC)CCC(C)C. The molecule has 0 aromatic rings. The molecule has 0 bridgehead atoms. The molecule has 0 saturated carbocycles. The van der Waals surface area contributed by atoms with Crippen LogP contribution < -0.4 is 0 Å². The van der Waals surface area contributed by atoms with Crippen LogP contribution in [0.2, 0.25) is 0 Å². The molecule has 12 heavy (non-hydrogen) atoms. The van der Waals surface area contributed by atoms with E-state index in [-0.39, 0.29) is 0 Å². The summed E-state index contributed by atoms with van der Waals surface area (Å²) >= 11 is 0. The lowest BCUT2D eigenvalue weighted by molar-refractivity contribution is 0.393. The molecule has 72 valence electrons. The molecule has 0 spiro atoms. The van der Waals surface area contributed by atoms with Gasteiger partial charge in [0.1, 0.15) is 0 Å². The first-order valence-corrected chi connectivity index (χ1v) is 5.31. The lowest BCUT2D eigenvalue weighted by Crippen LogP contribution is -2.00.